The third kappa shape index (κ3) is 2.66. The molecule has 13 heavy (non-hydrogen) atoms. The van der Waals surface area contributed by atoms with Crippen molar-refractivity contribution in [1.82, 2.24) is 0 Å². The average Bonchev–Trinajstić information content (AvgIpc) is 2.61. The Labute approximate surface area is 77.2 Å². The average molecular weight is 196 g/mol. The van der Waals surface area contributed by atoms with E-state index in [-0.39, 0.29) is 0 Å². The lowest BCUT2D eigenvalue weighted by Crippen LogP contribution is -2.38. The molecule has 0 radical (unpaired) electrons. The van der Waals surface area contributed by atoms with E-state index in [0.717, 1.165) is 12.1 Å². The van der Waals surface area contributed by atoms with Gasteiger partial charge in [0, 0.05) is 22.2 Å². The second kappa shape index (κ2) is 4.76. The lowest BCUT2D eigenvalue weighted by molar-refractivity contribution is 0.935. The first kappa shape index (κ1) is 9.92. The predicted molar refractivity (Wildman–Crippen MR) is 52.6 cm³/mol. The summed E-state index contributed by atoms with van der Waals surface area (Å²) in [5.41, 5.74) is 16.5. The normalized spacial score (nSPS) is 18.8. The Morgan fingerprint density at radius 3 is 1.85 bits per heavy atom. The van der Waals surface area contributed by atoms with Gasteiger partial charge in [-0.3, -0.25) is 0 Å². The number of nitrogens with zero attached hydrogens (tertiary/aromatic N) is 6. The Hall–Kier alpha value is -1.16. The van der Waals surface area contributed by atoms with Crippen molar-refractivity contribution in [3.63, 3.8) is 0 Å². The Balaban J connectivity index is 2.61. The molecule has 70 valence electrons. The van der Waals surface area contributed by atoms with Crippen LogP contribution in [0.3, 0.4) is 0 Å². The van der Waals surface area contributed by atoms with Gasteiger partial charge in [-0.2, -0.15) is 0 Å². The number of rotatable bonds is 4. The third-order valence-electron chi connectivity index (χ3n) is 2.60. The molecular formula is C6H12N6Si. The fraction of sp³-hybridized carbons (Fsp3) is 1.00. The molecule has 0 unspecified atom stereocenters. The summed E-state index contributed by atoms with van der Waals surface area (Å²) in [6.07, 6.45) is 3.60. The summed E-state index contributed by atoms with van der Waals surface area (Å²) >= 11 is 0. The van der Waals surface area contributed by atoms with Crippen LogP contribution in [-0.2, 0) is 0 Å². The molecule has 0 aromatic carbocycles. The van der Waals surface area contributed by atoms with Crippen molar-refractivity contribution < 1.29 is 0 Å². The summed E-state index contributed by atoms with van der Waals surface area (Å²) in [6, 6.07) is 2.29. The number of azide groups is 2. The molecule has 1 aliphatic heterocycles. The maximum atomic E-state index is 8.24. The minimum Gasteiger partial charge on any atom is -0.0969 e. The number of hydrogen-bond acceptors (Lipinski definition) is 2. The number of hydrogen-bond donors (Lipinski definition) is 0. The molecule has 1 rings (SSSR count). The highest BCUT2D eigenvalue weighted by Gasteiger charge is 2.34. The van der Waals surface area contributed by atoms with Gasteiger partial charge in [0.25, 0.3) is 0 Å². The summed E-state index contributed by atoms with van der Waals surface area (Å²) < 4.78 is 0. The zero-order chi connectivity index (χ0) is 9.57. The molecule has 0 saturated carbocycles. The van der Waals surface area contributed by atoms with Crippen molar-refractivity contribution in [2.24, 2.45) is 10.2 Å². The van der Waals surface area contributed by atoms with Gasteiger partial charge in [-0.1, -0.05) is 35.2 Å². The Kier molecular flexibility index (Phi) is 3.64. The molecule has 0 aromatic heterocycles. The maximum absolute atomic E-state index is 8.24. The highest BCUT2D eigenvalue weighted by Crippen LogP contribution is 2.30. The zero-order valence-corrected chi connectivity index (χ0v) is 8.43. The van der Waals surface area contributed by atoms with Gasteiger partial charge >= 0.3 is 0 Å². The van der Waals surface area contributed by atoms with Crippen LogP contribution in [0.4, 0.5) is 0 Å². The SMILES string of the molecule is [N-]=[N+]=NC[Si]1(CN=[N+]=[N-])CCCC1. The molecule has 0 aliphatic carbocycles. The zero-order valence-electron chi connectivity index (χ0n) is 7.43. The van der Waals surface area contributed by atoms with Gasteiger partial charge in [0.1, 0.15) is 0 Å². The minimum atomic E-state index is -1.52. The third-order valence-corrected chi connectivity index (χ3v) is 7.06. The van der Waals surface area contributed by atoms with Gasteiger partial charge in [0.15, 0.2) is 0 Å². The Morgan fingerprint density at radius 2 is 1.46 bits per heavy atom. The first-order valence-electron chi connectivity index (χ1n) is 4.35. The summed E-state index contributed by atoms with van der Waals surface area (Å²) in [4.78, 5) is 5.55. The monoisotopic (exact) mass is 196 g/mol. The quantitative estimate of drug-likeness (QED) is 0.286. The van der Waals surface area contributed by atoms with Crippen LogP contribution in [0, 0.1) is 0 Å². The fourth-order valence-corrected chi connectivity index (χ4v) is 5.56. The molecule has 0 N–H and O–H groups in total. The summed E-state index contributed by atoms with van der Waals surface area (Å²) in [5, 5.41) is 7.28. The van der Waals surface area contributed by atoms with E-state index in [2.05, 4.69) is 20.1 Å². The first-order chi connectivity index (χ1) is 6.33. The molecule has 1 saturated heterocycles. The van der Waals surface area contributed by atoms with Crippen molar-refractivity contribution in [2.45, 2.75) is 24.9 Å². The Bertz CT molecular complexity index is 236. The highest BCUT2D eigenvalue weighted by molar-refractivity contribution is 6.81. The van der Waals surface area contributed by atoms with Crippen molar-refractivity contribution in [3.05, 3.63) is 20.9 Å². The molecular weight excluding hydrogens is 184 g/mol. The molecule has 0 spiro atoms. The van der Waals surface area contributed by atoms with Crippen LogP contribution in [0.5, 0.6) is 0 Å². The first-order valence-corrected chi connectivity index (χ1v) is 7.18. The maximum Gasteiger partial charge on any atom is 0.0670 e. The predicted octanol–water partition coefficient (Wildman–Crippen LogP) is 2.93. The van der Waals surface area contributed by atoms with E-state index in [4.69, 9.17) is 11.1 Å². The van der Waals surface area contributed by atoms with Crippen LogP contribution in [-0.4, -0.2) is 20.4 Å². The second-order valence-electron chi connectivity index (χ2n) is 3.49. The van der Waals surface area contributed by atoms with Crippen LogP contribution in [0.15, 0.2) is 10.2 Å². The molecule has 1 heterocycles. The molecule has 1 aliphatic rings. The highest BCUT2D eigenvalue weighted by atomic mass is 28.3. The molecule has 0 atom stereocenters. The van der Waals surface area contributed by atoms with Gasteiger partial charge in [-0.05, 0) is 11.1 Å². The van der Waals surface area contributed by atoms with Crippen molar-refractivity contribution >= 4 is 8.07 Å². The second-order valence-corrected chi connectivity index (χ2v) is 8.12. The van der Waals surface area contributed by atoms with Crippen LogP contribution in [0.2, 0.25) is 12.1 Å². The molecule has 7 heteroatoms. The van der Waals surface area contributed by atoms with Gasteiger partial charge < -0.3 is 0 Å². The smallest absolute Gasteiger partial charge is 0.0670 e. The van der Waals surface area contributed by atoms with E-state index in [1.807, 2.05) is 0 Å². The van der Waals surface area contributed by atoms with E-state index in [9.17, 15) is 0 Å². The molecule has 0 aromatic rings. The van der Waals surface area contributed by atoms with Crippen LogP contribution >= 0.6 is 0 Å². The molecule has 6 nitrogen and oxygen atoms in total. The van der Waals surface area contributed by atoms with Gasteiger partial charge in [0.05, 0.1) is 8.07 Å². The van der Waals surface area contributed by atoms with Gasteiger partial charge in [-0.15, -0.1) is 0 Å². The Morgan fingerprint density at radius 1 is 1.00 bits per heavy atom. The van der Waals surface area contributed by atoms with Crippen molar-refractivity contribution in [2.75, 3.05) is 12.3 Å². The van der Waals surface area contributed by atoms with E-state index in [0.29, 0.717) is 12.3 Å². The fourth-order valence-electron chi connectivity index (χ4n) is 1.85. The van der Waals surface area contributed by atoms with Crippen LogP contribution in [0.1, 0.15) is 12.8 Å². The van der Waals surface area contributed by atoms with Gasteiger partial charge in [-0.25, -0.2) is 0 Å². The molecule has 0 bridgehead atoms. The lowest BCUT2D eigenvalue weighted by Gasteiger charge is -2.21. The van der Waals surface area contributed by atoms with E-state index >= 15 is 0 Å². The van der Waals surface area contributed by atoms with Crippen molar-refractivity contribution in [1.29, 1.82) is 0 Å². The van der Waals surface area contributed by atoms with E-state index < -0.39 is 8.07 Å². The molecule has 0 amide bonds. The van der Waals surface area contributed by atoms with Gasteiger partial charge in [0.2, 0.25) is 0 Å². The molecule has 1 fully saturated rings. The van der Waals surface area contributed by atoms with E-state index in [1.165, 1.54) is 12.8 Å². The largest absolute Gasteiger partial charge is 0.0969 e. The van der Waals surface area contributed by atoms with Crippen LogP contribution in [0.25, 0.3) is 20.9 Å². The summed E-state index contributed by atoms with van der Waals surface area (Å²) in [7, 11) is -1.52. The summed E-state index contributed by atoms with van der Waals surface area (Å²) in [5.74, 6) is 0. The minimum absolute atomic E-state index is 0.600. The topological polar surface area (TPSA) is 97.5 Å². The summed E-state index contributed by atoms with van der Waals surface area (Å²) in [6.45, 7) is 0. The van der Waals surface area contributed by atoms with Crippen LogP contribution < -0.4 is 0 Å². The lowest BCUT2D eigenvalue weighted by atomic mass is 10.4. The standard InChI is InChI=1S/C6H12N6Si/c7-11-9-5-13(6-10-12-8)3-1-2-4-13/h1-6H2. The van der Waals surface area contributed by atoms with Crippen molar-refractivity contribution in [3.8, 4) is 0 Å². The van der Waals surface area contributed by atoms with E-state index in [1.54, 1.807) is 0 Å².